The standard InChI is InChI=1S/C7H8BFS/c1-10-5-2-3-6(8)7(9)4-5/h2-4H,8H2,1H3. The molecule has 0 aromatic heterocycles. The molecule has 0 N–H and O–H groups in total. The molecule has 3 heteroatoms. The van der Waals surface area contributed by atoms with Gasteiger partial charge in [0, 0.05) is 4.90 Å². The molecule has 1 aromatic rings. The van der Waals surface area contributed by atoms with E-state index in [1.807, 2.05) is 12.3 Å². The van der Waals surface area contributed by atoms with Crippen LogP contribution >= 0.6 is 11.8 Å². The lowest BCUT2D eigenvalue weighted by molar-refractivity contribution is 0.632. The van der Waals surface area contributed by atoms with Gasteiger partial charge >= 0.3 is 0 Å². The Bertz CT molecular complexity index is 237. The van der Waals surface area contributed by atoms with E-state index in [1.54, 1.807) is 31.7 Å². The number of hydrogen-bond donors (Lipinski definition) is 0. The largest absolute Gasteiger partial charge is 0.208 e. The summed E-state index contributed by atoms with van der Waals surface area (Å²) in [5.74, 6) is -0.119. The van der Waals surface area contributed by atoms with Gasteiger partial charge in [-0.2, -0.15) is 0 Å². The summed E-state index contributed by atoms with van der Waals surface area (Å²) >= 11 is 1.55. The first-order valence-corrected chi connectivity index (χ1v) is 4.26. The lowest BCUT2D eigenvalue weighted by Gasteiger charge is -1.97. The summed E-state index contributed by atoms with van der Waals surface area (Å²) in [7, 11) is 1.76. The molecular formula is C7H8BFS. The van der Waals surface area contributed by atoms with E-state index in [0.29, 0.717) is 5.46 Å². The monoisotopic (exact) mass is 154 g/mol. The molecule has 0 bridgehead atoms. The van der Waals surface area contributed by atoms with E-state index < -0.39 is 0 Å². The van der Waals surface area contributed by atoms with Crippen LogP contribution in [0.4, 0.5) is 4.39 Å². The van der Waals surface area contributed by atoms with E-state index in [1.165, 1.54) is 0 Å². The van der Waals surface area contributed by atoms with Crippen molar-refractivity contribution in [3.63, 3.8) is 0 Å². The van der Waals surface area contributed by atoms with Crippen LogP contribution in [0.15, 0.2) is 23.1 Å². The van der Waals surface area contributed by atoms with Crippen molar-refractivity contribution >= 4 is 25.1 Å². The van der Waals surface area contributed by atoms with Crippen molar-refractivity contribution in [2.24, 2.45) is 0 Å². The van der Waals surface area contributed by atoms with E-state index in [-0.39, 0.29) is 5.82 Å². The van der Waals surface area contributed by atoms with Crippen LogP contribution in [0.1, 0.15) is 0 Å². The minimum Gasteiger partial charge on any atom is -0.208 e. The maximum atomic E-state index is 12.8. The second kappa shape index (κ2) is 3.10. The summed E-state index contributed by atoms with van der Waals surface area (Å²) in [4.78, 5) is 0.975. The Labute approximate surface area is 65.2 Å². The van der Waals surface area contributed by atoms with Crippen molar-refractivity contribution in [1.29, 1.82) is 0 Å². The van der Waals surface area contributed by atoms with Crippen LogP contribution < -0.4 is 5.46 Å². The van der Waals surface area contributed by atoms with Crippen LogP contribution in [0.5, 0.6) is 0 Å². The van der Waals surface area contributed by atoms with Gasteiger partial charge in [-0.15, -0.1) is 11.8 Å². The van der Waals surface area contributed by atoms with Crippen molar-refractivity contribution < 1.29 is 4.39 Å². The number of rotatable bonds is 1. The number of halogens is 1. The van der Waals surface area contributed by atoms with Crippen molar-refractivity contribution in [1.82, 2.24) is 0 Å². The summed E-state index contributed by atoms with van der Waals surface area (Å²) in [6, 6.07) is 5.27. The van der Waals surface area contributed by atoms with Crippen LogP contribution in [0.3, 0.4) is 0 Å². The summed E-state index contributed by atoms with van der Waals surface area (Å²) in [6.45, 7) is 0. The molecule has 0 saturated heterocycles. The fourth-order valence-electron chi connectivity index (χ4n) is 0.701. The molecule has 0 aliphatic heterocycles. The molecule has 10 heavy (non-hydrogen) atoms. The summed E-state index contributed by atoms with van der Waals surface area (Å²) in [5, 5.41) is 0. The van der Waals surface area contributed by atoms with Crippen molar-refractivity contribution in [2.75, 3.05) is 6.26 Å². The topological polar surface area (TPSA) is 0 Å². The first-order chi connectivity index (χ1) is 4.74. The fraction of sp³-hybridized carbons (Fsp3) is 0.143. The zero-order chi connectivity index (χ0) is 7.56. The maximum Gasteiger partial charge on any atom is 0.143 e. The van der Waals surface area contributed by atoms with Gasteiger partial charge in [-0.3, -0.25) is 0 Å². The zero-order valence-corrected chi connectivity index (χ0v) is 6.83. The molecule has 1 aromatic carbocycles. The number of benzene rings is 1. The zero-order valence-electron chi connectivity index (χ0n) is 6.02. The average Bonchev–Trinajstić information content (AvgIpc) is 1.95. The Balaban J connectivity index is 3.04. The van der Waals surface area contributed by atoms with Gasteiger partial charge < -0.3 is 0 Å². The Morgan fingerprint density at radius 3 is 2.70 bits per heavy atom. The highest BCUT2D eigenvalue weighted by Gasteiger charge is 1.96. The molecule has 0 amide bonds. The molecule has 0 radical (unpaired) electrons. The molecule has 0 aliphatic rings. The van der Waals surface area contributed by atoms with Crippen LogP contribution in [-0.4, -0.2) is 14.1 Å². The molecule has 0 atom stereocenters. The normalized spacial score (nSPS) is 9.80. The van der Waals surface area contributed by atoms with Crippen LogP contribution in [-0.2, 0) is 0 Å². The van der Waals surface area contributed by atoms with Crippen molar-refractivity contribution in [3.8, 4) is 0 Å². The summed E-state index contributed by atoms with van der Waals surface area (Å²) < 4.78 is 12.8. The highest BCUT2D eigenvalue weighted by molar-refractivity contribution is 7.98. The highest BCUT2D eigenvalue weighted by Crippen LogP contribution is 2.13. The summed E-state index contributed by atoms with van der Waals surface area (Å²) in [6.07, 6.45) is 1.93. The van der Waals surface area contributed by atoms with Crippen LogP contribution in [0.2, 0.25) is 0 Å². The predicted molar refractivity (Wildman–Crippen MR) is 46.4 cm³/mol. The van der Waals surface area contributed by atoms with Gasteiger partial charge in [0.15, 0.2) is 0 Å². The Kier molecular flexibility index (Phi) is 2.38. The van der Waals surface area contributed by atoms with Crippen molar-refractivity contribution in [3.05, 3.63) is 24.0 Å². The molecule has 1 rings (SSSR count). The van der Waals surface area contributed by atoms with E-state index in [9.17, 15) is 4.39 Å². The van der Waals surface area contributed by atoms with Gasteiger partial charge in [-0.1, -0.05) is 11.5 Å². The fourth-order valence-corrected chi connectivity index (χ4v) is 1.13. The molecule has 0 heterocycles. The van der Waals surface area contributed by atoms with Crippen molar-refractivity contribution in [2.45, 2.75) is 4.90 Å². The molecule has 0 saturated carbocycles. The van der Waals surface area contributed by atoms with Gasteiger partial charge in [0.25, 0.3) is 0 Å². The van der Waals surface area contributed by atoms with Crippen LogP contribution in [0.25, 0.3) is 0 Å². The Morgan fingerprint density at radius 1 is 1.50 bits per heavy atom. The maximum absolute atomic E-state index is 12.8. The first-order valence-electron chi connectivity index (χ1n) is 3.04. The molecule has 52 valence electrons. The quantitative estimate of drug-likeness (QED) is 0.426. The third kappa shape index (κ3) is 1.54. The predicted octanol–water partition coefficient (Wildman–Crippen LogP) is 0.806. The second-order valence-electron chi connectivity index (χ2n) is 2.12. The third-order valence-electron chi connectivity index (χ3n) is 1.38. The Morgan fingerprint density at radius 2 is 2.20 bits per heavy atom. The van der Waals surface area contributed by atoms with Crippen LogP contribution in [0, 0.1) is 5.82 Å². The smallest absolute Gasteiger partial charge is 0.143 e. The van der Waals surface area contributed by atoms with Gasteiger partial charge in [0.1, 0.15) is 13.7 Å². The first kappa shape index (κ1) is 7.67. The molecule has 0 fully saturated rings. The van der Waals surface area contributed by atoms with Gasteiger partial charge in [-0.05, 0) is 18.4 Å². The average molecular weight is 154 g/mol. The van der Waals surface area contributed by atoms with E-state index in [0.717, 1.165) is 4.90 Å². The lowest BCUT2D eigenvalue weighted by atomic mass is 9.96. The van der Waals surface area contributed by atoms with Gasteiger partial charge in [0.05, 0.1) is 0 Å². The SMILES string of the molecule is Bc1ccc(SC)cc1F. The molecule has 0 unspecified atom stereocenters. The molecule has 0 aliphatic carbocycles. The minimum atomic E-state index is -0.119. The molecule has 0 nitrogen and oxygen atoms in total. The van der Waals surface area contributed by atoms with E-state index in [2.05, 4.69) is 0 Å². The Hall–Kier alpha value is -0.435. The van der Waals surface area contributed by atoms with Gasteiger partial charge in [0.2, 0.25) is 0 Å². The third-order valence-corrected chi connectivity index (χ3v) is 2.10. The highest BCUT2D eigenvalue weighted by atomic mass is 32.2. The van der Waals surface area contributed by atoms with Gasteiger partial charge in [-0.25, -0.2) is 4.39 Å². The minimum absolute atomic E-state index is 0.119. The van der Waals surface area contributed by atoms with E-state index in [4.69, 9.17) is 0 Å². The molecular weight excluding hydrogens is 146 g/mol. The van der Waals surface area contributed by atoms with E-state index >= 15 is 0 Å². The number of thioether (sulfide) groups is 1. The number of hydrogen-bond acceptors (Lipinski definition) is 1. The second-order valence-corrected chi connectivity index (χ2v) is 2.99. The molecule has 0 spiro atoms. The summed E-state index contributed by atoms with van der Waals surface area (Å²) in [5.41, 5.74) is 0.706. The lowest BCUT2D eigenvalue weighted by Crippen LogP contribution is -2.06.